The van der Waals surface area contributed by atoms with Gasteiger partial charge in [-0.05, 0) is 6.42 Å². The summed E-state index contributed by atoms with van der Waals surface area (Å²) in [5.74, 6) is 2.17. The van der Waals surface area contributed by atoms with Crippen molar-refractivity contribution in [3.8, 4) is 0 Å². The van der Waals surface area contributed by atoms with E-state index in [1.54, 1.807) is 6.20 Å². The Bertz CT molecular complexity index is 448. The molecule has 0 aliphatic rings. The van der Waals surface area contributed by atoms with Gasteiger partial charge in [0.15, 0.2) is 5.82 Å². The molecule has 0 atom stereocenters. The van der Waals surface area contributed by atoms with Gasteiger partial charge in [0.25, 0.3) is 0 Å². The Balaban J connectivity index is 2.08. The van der Waals surface area contributed by atoms with Crippen LogP contribution in [0.15, 0.2) is 16.9 Å². The molecule has 0 aromatic carbocycles. The Kier molecular flexibility index (Phi) is 3.31. The van der Waals surface area contributed by atoms with Gasteiger partial charge in [0.05, 0.1) is 13.1 Å². The minimum atomic E-state index is 0.409. The average Bonchev–Trinajstić information content (AvgIpc) is 2.89. The van der Waals surface area contributed by atoms with Gasteiger partial charge >= 0.3 is 0 Å². The summed E-state index contributed by atoms with van der Waals surface area (Å²) in [6.07, 6.45) is 5.40. The third-order valence-corrected chi connectivity index (χ3v) is 2.27. The van der Waals surface area contributed by atoms with Crippen molar-refractivity contribution in [3.05, 3.63) is 29.9 Å². The van der Waals surface area contributed by atoms with E-state index >= 15 is 0 Å². The van der Waals surface area contributed by atoms with Crippen LogP contribution in [0.4, 0.5) is 0 Å². The topological polar surface area (TPSA) is 82.8 Å². The summed E-state index contributed by atoms with van der Waals surface area (Å²) in [6.45, 7) is 3.04. The molecule has 16 heavy (non-hydrogen) atoms. The zero-order valence-electron chi connectivity index (χ0n) is 9.26. The lowest BCUT2D eigenvalue weighted by molar-refractivity contribution is 0.371. The van der Waals surface area contributed by atoms with E-state index in [2.05, 4.69) is 22.0 Å². The van der Waals surface area contributed by atoms with Crippen molar-refractivity contribution in [1.29, 1.82) is 0 Å². The van der Waals surface area contributed by atoms with E-state index in [1.807, 2.05) is 10.8 Å². The molecule has 0 radical (unpaired) electrons. The van der Waals surface area contributed by atoms with E-state index in [0.29, 0.717) is 24.8 Å². The smallest absolute Gasteiger partial charge is 0.226 e. The quantitative estimate of drug-likeness (QED) is 0.804. The van der Waals surface area contributed by atoms with E-state index in [0.717, 1.165) is 18.7 Å². The minimum Gasteiger partial charge on any atom is -0.339 e. The van der Waals surface area contributed by atoms with E-state index in [-0.39, 0.29) is 0 Å². The van der Waals surface area contributed by atoms with E-state index in [1.165, 1.54) is 0 Å². The maximum absolute atomic E-state index is 5.55. The van der Waals surface area contributed by atoms with E-state index < -0.39 is 0 Å². The number of hydrogen-bond donors (Lipinski definition) is 1. The van der Waals surface area contributed by atoms with Gasteiger partial charge in [-0.3, -0.25) is 0 Å². The van der Waals surface area contributed by atoms with Crippen molar-refractivity contribution in [1.82, 2.24) is 19.7 Å². The maximum atomic E-state index is 5.55. The van der Waals surface area contributed by atoms with Gasteiger partial charge < -0.3 is 14.8 Å². The van der Waals surface area contributed by atoms with Crippen LogP contribution in [-0.4, -0.2) is 19.7 Å². The fraction of sp³-hybridized carbons (Fsp3) is 0.500. The minimum absolute atomic E-state index is 0.409. The molecule has 0 aliphatic heterocycles. The summed E-state index contributed by atoms with van der Waals surface area (Å²) in [6, 6.07) is 0. The number of nitrogens with zero attached hydrogens (tertiary/aromatic N) is 4. The van der Waals surface area contributed by atoms with Crippen LogP contribution in [-0.2, 0) is 19.5 Å². The Hall–Kier alpha value is -1.69. The van der Waals surface area contributed by atoms with E-state index in [9.17, 15) is 0 Å². The summed E-state index contributed by atoms with van der Waals surface area (Å²) in [4.78, 5) is 8.41. The first-order chi connectivity index (χ1) is 7.83. The highest BCUT2D eigenvalue weighted by Gasteiger charge is 2.07. The summed E-state index contributed by atoms with van der Waals surface area (Å²) >= 11 is 0. The van der Waals surface area contributed by atoms with Crippen molar-refractivity contribution >= 4 is 0 Å². The highest BCUT2D eigenvalue weighted by atomic mass is 16.5. The average molecular weight is 221 g/mol. The molecule has 0 unspecified atom stereocenters. The van der Waals surface area contributed by atoms with Crippen LogP contribution in [0.25, 0.3) is 0 Å². The van der Waals surface area contributed by atoms with Gasteiger partial charge in [-0.25, -0.2) is 4.98 Å². The molecular weight excluding hydrogens is 206 g/mol. The van der Waals surface area contributed by atoms with Gasteiger partial charge in [-0.1, -0.05) is 12.1 Å². The molecule has 2 aromatic heterocycles. The van der Waals surface area contributed by atoms with Crippen molar-refractivity contribution in [2.75, 3.05) is 0 Å². The first-order valence-electron chi connectivity index (χ1n) is 5.35. The second-order valence-electron chi connectivity index (χ2n) is 3.53. The second-order valence-corrected chi connectivity index (χ2v) is 3.53. The van der Waals surface area contributed by atoms with Crippen molar-refractivity contribution in [3.63, 3.8) is 0 Å². The Labute approximate surface area is 93.5 Å². The zero-order chi connectivity index (χ0) is 11.4. The number of rotatable bonds is 5. The molecule has 0 aliphatic carbocycles. The third kappa shape index (κ3) is 2.27. The van der Waals surface area contributed by atoms with Crippen LogP contribution < -0.4 is 5.73 Å². The predicted molar refractivity (Wildman–Crippen MR) is 57.5 cm³/mol. The molecule has 2 aromatic rings. The Morgan fingerprint density at radius 1 is 1.50 bits per heavy atom. The number of aromatic nitrogens is 4. The molecule has 0 bridgehead atoms. The molecule has 86 valence electrons. The summed E-state index contributed by atoms with van der Waals surface area (Å²) in [5, 5.41) is 3.91. The van der Waals surface area contributed by atoms with Gasteiger partial charge in [0.2, 0.25) is 5.89 Å². The number of nitrogens with two attached hydrogens (primary N) is 1. The highest BCUT2D eigenvalue weighted by Crippen LogP contribution is 2.04. The molecule has 0 amide bonds. The standard InChI is InChI=1S/C10H15N5O/c1-2-3-10-13-8(14-16-10)7-15-5-4-12-9(15)6-11/h4-5H,2-3,6-7,11H2,1H3. The molecule has 6 nitrogen and oxygen atoms in total. The van der Waals surface area contributed by atoms with Crippen molar-refractivity contribution < 1.29 is 4.52 Å². The molecule has 0 saturated carbocycles. The van der Waals surface area contributed by atoms with Crippen LogP contribution in [0, 0.1) is 0 Å². The maximum Gasteiger partial charge on any atom is 0.226 e. The van der Waals surface area contributed by atoms with Crippen LogP contribution in [0.3, 0.4) is 0 Å². The zero-order valence-corrected chi connectivity index (χ0v) is 9.26. The number of hydrogen-bond acceptors (Lipinski definition) is 5. The van der Waals surface area contributed by atoms with Crippen LogP contribution in [0.5, 0.6) is 0 Å². The molecule has 0 saturated heterocycles. The van der Waals surface area contributed by atoms with Crippen LogP contribution in [0.2, 0.25) is 0 Å². The van der Waals surface area contributed by atoms with Gasteiger partial charge in [-0.2, -0.15) is 4.98 Å². The van der Waals surface area contributed by atoms with Gasteiger partial charge in [0.1, 0.15) is 5.82 Å². The molecule has 0 fully saturated rings. The largest absolute Gasteiger partial charge is 0.339 e. The number of aryl methyl sites for hydroxylation is 1. The first-order valence-corrected chi connectivity index (χ1v) is 5.35. The van der Waals surface area contributed by atoms with Gasteiger partial charge in [0, 0.05) is 18.8 Å². The lowest BCUT2D eigenvalue weighted by Gasteiger charge is -2.01. The molecule has 0 spiro atoms. The lowest BCUT2D eigenvalue weighted by atomic mass is 10.3. The van der Waals surface area contributed by atoms with Crippen LogP contribution >= 0.6 is 0 Å². The molecule has 2 rings (SSSR count). The fourth-order valence-electron chi connectivity index (χ4n) is 1.50. The second kappa shape index (κ2) is 4.89. The van der Waals surface area contributed by atoms with Gasteiger partial charge in [-0.15, -0.1) is 0 Å². The number of imidazole rings is 1. The van der Waals surface area contributed by atoms with Crippen molar-refractivity contribution in [2.24, 2.45) is 5.73 Å². The summed E-state index contributed by atoms with van der Waals surface area (Å²) in [5.41, 5.74) is 5.55. The summed E-state index contributed by atoms with van der Waals surface area (Å²) < 4.78 is 7.02. The van der Waals surface area contributed by atoms with Crippen molar-refractivity contribution in [2.45, 2.75) is 32.9 Å². The monoisotopic (exact) mass is 221 g/mol. The molecule has 6 heteroatoms. The molecular formula is C10H15N5O. The predicted octanol–water partition coefficient (Wildman–Crippen LogP) is 0.726. The van der Waals surface area contributed by atoms with E-state index in [4.69, 9.17) is 10.3 Å². The third-order valence-electron chi connectivity index (χ3n) is 2.27. The Morgan fingerprint density at radius 2 is 2.38 bits per heavy atom. The first kappa shape index (κ1) is 10.8. The lowest BCUT2D eigenvalue weighted by Crippen LogP contribution is -2.09. The fourth-order valence-corrected chi connectivity index (χ4v) is 1.50. The normalized spacial score (nSPS) is 10.9. The SMILES string of the molecule is CCCc1nc(Cn2ccnc2CN)no1. The summed E-state index contributed by atoms with van der Waals surface area (Å²) in [7, 11) is 0. The molecule has 2 heterocycles. The molecule has 2 N–H and O–H groups in total. The Morgan fingerprint density at radius 3 is 3.12 bits per heavy atom. The van der Waals surface area contributed by atoms with Crippen LogP contribution in [0.1, 0.15) is 30.9 Å². The highest BCUT2D eigenvalue weighted by molar-refractivity contribution is 4.96.